The smallest absolute Gasteiger partial charge is 0.410 e. The number of ether oxygens (including phenoxy) is 2. The minimum Gasteiger partial charge on any atom is -0.496 e. The van der Waals surface area contributed by atoms with Crippen molar-refractivity contribution in [3.8, 4) is 5.75 Å². The zero-order valence-electron chi connectivity index (χ0n) is 17.1. The number of rotatable bonds is 3. The zero-order valence-corrected chi connectivity index (χ0v) is 17.1. The average Bonchev–Trinajstić information content (AvgIpc) is 3.15. The number of hydrogen-bond donors (Lipinski definition) is 0. The first-order valence-electron chi connectivity index (χ1n) is 9.52. The van der Waals surface area contributed by atoms with Gasteiger partial charge in [-0.1, -0.05) is 6.07 Å². The molecule has 0 spiro atoms. The maximum absolute atomic E-state index is 12.4. The molecule has 3 atom stereocenters. The van der Waals surface area contributed by atoms with Gasteiger partial charge in [-0.05, 0) is 70.7 Å². The number of nitrogens with zero attached hydrogens (tertiary/aromatic N) is 2. The summed E-state index contributed by atoms with van der Waals surface area (Å²) in [5, 5.41) is 0. The summed E-state index contributed by atoms with van der Waals surface area (Å²) in [5.41, 5.74) is 3.41. The second kappa shape index (κ2) is 6.76. The van der Waals surface area contributed by atoms with Crippen LogP contribution in [0.15, 0.2) is 12.1 Å². The van der Waals surface area contributed by atoms with Crippen molar-refractivity contribution in [3.05, 3.63) is 28.8 Å². The Labute approximate surface area is 157 Å². The highest BCUT2D eigenvalue weighted by Gasteiger charge is 2.48. The fourth-order valence-electron chi connectivity index (χ4n) is 4.39. The number of benzene rings is 1. The number of likely N-dealkylation sites (tertiary alicyclic amines) is 2. The van der Waals surface area contributed by atoms with Gasteiger partial charge in [-0.25, -0.2) is 4.79 Å². The van der Waals surface area contributed by atoms with E-state index in [2.05, 4.69) is 37.8 Å². The summed E-state index contributed by atoms with van der Waals surface area (Å²) >= 11 is 0. The number of carbonyl (C=O) groups is 1. The molecule has 2 bridgehead atoms. The fourth-order valence-corrected chi connectivity index (χ4v) is 4.39. The van der Waals surface area contributed by atoms with E-state index in [0.29, 0.717) is 12.1 Å². The first kappa shape index (κ1) is 19.0. The monoisotopic (exact) mass is 360 g/mol. The number of amides is 1. The van der Waals surface area contributed by atoms with Gasteiger partial charge in [0.2, 0.25) is 0 Å². The van der Waals surface area contributed by atoms with Gasteiger partial charge in [0.1, 0.15) is 11.4 Å². The molecule has 0 aromatic heterocycles. The van der Waals surface area contributed by atoms with Crippen molar-refractivity contribution >= 4 is 6.09 Å². The SMILES string of the molecule is COc1ccc(C(C)N2CC3CC2CN3C(=O)OC(C)(C)C)c(C)c1C. The molecule has 1 amide bonds. The van der Waals surface area contributed by atoms with Crippen molar-refractivity contribution < 1.29 is 14.3 Å². The van der Waals surface area contributed by atoms with Crippen LogP contribution in [0, 0.1) is 13.8 Å². The normalized spacial score (nSPS) is 24.0. The quantitative estimate of drug-likeness (QED) is 0.815. The molecular formula is C21H32N2O3. The number of piperazine rings is 1. The lowest BCUT2D eigenvalue weighted by molar-refractivity contribution is 0.00961. The summed E-state index contributed by atoms with van der Waals surface area (Å²) in [7, 11) is 1.72. The van der Waals surface area contributed by atoms with Crippen LogP contribution in [0.25, 0.3) is 0 Å². The lowest BCUT2D eigenvalue weighted by Crippen LogP contribution is -2.50. The van der Waals surface area contributed by atoms with E-state index in [9.17, 15) is 4.79 Å². The van der Waals surface area contributed by atoms with Crippen LogP contribution in [-0.4, -0.2) is 53.8 Å². The van der Waals surface area contributed by atoms with Crippen molar-refractivity contribution in [2.45, 2.75) is 71.7 Å². The zero-order chi connectivity index (χ0) is 19.2. The molecule has 1 aromatic rings. The maximum atomic E-state index is 12.4. The molecule has 2 heterocycles. The molecule has 2 aliphatic heterocycles. The topological polar surface area (TPSA) is 42.0 Å². The summed E-state index contributed by atoms with van der Waals surface area (Å²) in [4.78, 5) is 16.9. The highest BCUT2D eigenvalue weighted by molar-refractivity contribution is 5.69. The van der Waals surface area contributed by atoms with Gasteiger partial charge in [-0.2, -0.15) is 0 Å². The van der Waals surface area contributed by atoms with Crippen LogP contribution in [0.1, 0.15) is 56.8 Å². The Kier molecular flexibility index (Phi) is 4.95. The molecule has 1 aromatic carbocycles. The molecule has 2 saturated heterocycles. The average molecular weight is 360 g/mol. The molecule has 3 rings (SSSR count). The molecule has 0 aliphatic carbocycles. The molecule has 144 valence electrons. The van der Waals surface area contributed by atoms with E-state index in [0.717, 1.165) is 25.3 Å². The third-order valence-corrected chi connectivity index (χ3v) is 5.86. The number of fused-ring (bicyclic) bond motifs is 2. The molecule has 0 radical (unpaired) electrons. The minimum atomic E-state index is -0.441. The molecule has 0 saturated carbocycles. The Morgan fingerprint density at radius 3 is 2.38 bits per heavy atom. The lowest BCUT2D eigenvalue weighted by atomic mass is 9.96. The molecule has 26 heavy (non-hydrogen) atoms. The van der Waals surface area contributed by atoms with Crippen LogP contribution in [-0.2, 0) is 4.74 Å². The van der Waals surface area contributed by atoms with Crippen LogP contribution in [0.5, 0.6) is 5.75 Å². The van der Waals surface area contributed by atoms with Gasteiger partial charge in [0.05, 0.1) is 7.11 Å². The van der Waals surface area contributed by atoms with Crippen molar-refractivity contribution in [2.75, 3.05) is 20.2 Å². The van der Waals surface area contributed by atoms with Gasteiger partial charge < -0.3 is 14.4 Å². The van der Waals surface area contributed by atoms with Crippen LogP contribution >= 0.6 is 0 Å². The summed E-state index contributed by atoms with van der Waals surface area (Å²) < 4.78 is 11.0. The maximum Gasteiger partial charge on any atom is 0.410 e. The van der Waals surface area contributed by atoms with E-state index in [4.69, 9.17) is 9.47 Å². The van der Waals surface area contributed by atoms with E-state index in [1.807, 2.05) is 25.7 Å². The highest BCUT2D eigenvalue weighted by Crippen LogP contribution is 2.39. The van der Waals surface area contributed by atoms with E-state index >= 15 is 0 Å². The predicted molar refractivity (Wildman–Crippen MR) is 103 cm³/mol. The summed E-state index contributed by atoms with van der Waals surface area (Å²) in [6.45, 7) is 14.0. The van der Waals surface area contributed by atoms with Gasteiger partial charge in [-0.15, -0.1) is 0 Å². The third kappa shape index (κ3) is 3.41. The highest BCUT2D eigenvalue weighted by atomic mass is 16.6. The number of carbonyl (C=O) groups excluding carboxylic acids is 1. The van der Waals surface area contributed by atoms with E-state index < -0.39 is 5.60 Å². The number of methoxy groups -OCH3 is 1. The molecule has 5 nitrogen and oxygen atoms in total. The van der Waals surface area contributed by atoms with Crippen LogP contribution in [0.2, 0.25) is 0 Å². The van der Waals surface area contributed by atoms with Crippen molar-refractivity contribution in [3.63, 3.8) is 0 Å². The molecule has 3 unspecified atom stereocenters. The molecule has 0 N–H and O–H groups in total. The summed E-state index contributed by atoms with van der Waals surface area (Å²) in [5.74, 6) is 0.942. The van der Waals surface area contributed by atoms with Gasteiger partial charge in [0, 0.05) is 31.2 Å². The standard InChI is InChI=1S/C21H32N2O3/c1-13-14(2)19(25-7)9-8-18(13)15(3)22-11-17-10-16(22)12-23(17)20(24)26-21(4,5)6/h8-9,15-17H,10-12H2,1-7H3. The molecule has 2 fully saturated rings. The van der Waals surface area contributed by atoms with Crippen LogP contribution < -0.4 is 4.74 Å². The van der Waals surface area contributed by atoms with Crippen molar-refractivity contribution in [2.24, 2.45) is 0 Å². The largest absolute Gasteiger partial charge is 0.496 e. The molecular weight excluding hydrogens is 328 g/mol. The fraction of sp³-hybridized carbons (Fsp3) is 0.667. The first-order valence-corrected chi connectivity index (χ1v) is 9.52. The van der Waals surface area contributed by atoms with Crippen molar-refractivity contribution in [1.82, 2.24) is 9.80 Å². The van der Waals surface area contributed by atoms with E-state index in [1.165, 1.54) is 16.7 Å². The number of hydrogen-bond acceptors (Lipinski definition) is 4. The Hall–Kier alpha value is -1.75. The van der Waals surface area contributed by atoms with Gasteiger partial charge in [0.25, 0.3) is 0 Å². The Morgan fingerprint density at radius 2 is 1.85 bits per heavy atom. The molecule has 5 heteroatoms. The summed E-state index contributed by atoms with van der Waals surface area (Å²) in [6.07, 6.45) is 0.867. The van der Waals surface area contributed by atoms with Crippen molar-refractivity contribution in [1.29, 1.82) is 0 Å². The Bertz CT molecular complexity index is 695. The van der Waals surface area contributed by atoms with Gasteiger partial charge in [-0.3, -0.25) is 4.90 Å². The summed E-state index contributed by atoms with van der Waals surface area (Å²) in [6, 6.07) is 5.25. The first-order chi connectivity index (χ1) is 12.1. The Morgan fingerprint density at radius 1 is 1.15 bits per heavy atom. The van der Waals surface area contributed by atoms with Gasteiger partial charge >= 0.3 is 6.09 Å². The van der Waals surface area contributed by atoms with Crippen LogP contribution in [0.3, 0.4) is 0 Å². The van der Waals surface area contributed by atoms with Gasteiger partial charge in [0.15, 0.2) is 0 Å². The van der Waals surface area contributed by atoms with E-state index in [1.54, 1.807) is 7.11 Å². The van der Waals surface area contributed by atoms with E-state index in [-0.39, 0.29) is 12.1 Å². The lowest BCUT2D eigenvalue weighted by Gasteiger charge is -2.38. The minimum absolute atomic E-state index is 0.172. The second-order valence-electron chi connectivity index (χ2n) is 8.66. The second-order valence-corrected chi connectivity index (χ2v) is 8.66. The Balaban J connectivity index is 1.71. The third-order valence-electron chi connectivity index (χ3n) is 5.86. The predicted octanol–water partition coefficient (Wildman–Crippen LogP) is 4.07. The molecule has 2 aliphatic rings. The van der Waals surface area contributed by atoms with Crippen LogP contribution in [0.4, 0.5) is 4.79 Å².